The van der Waals surface area contributed by atoms with Gasteiger partial charge >= 0.3 is 5.97 Å². The fourth-order valence-electron chi connectivity index (χ4n) is 2.69. The maximum absolute atomic E-state index is 11.1. The number of ether oxygens (including phenoxy) is 1. The van der Waals surface area contributed by atoms with E-state index in [1.807, 2.05) is 0 Å². The summed E-state index contributed by atoms with van der Waals surface area (Å²) in [6.45, 7) is 2.76. The lowest BCUT2D eigenvalue weighted by molar-refractivity contribution is -0.172. The Bertz CT molecular complexity index is 843. The molecule has 0 aliphatic heterocycles. The van der Waals surface area contributed by atoms with Gasteiger partial charge in [-0.05, 0) is 36.2 Å². The average molecular weight is 407 g/mol. The van der Waals surface area contributed by atoms with Crippen LogP contribution in [0.4, 0.5) is 0 Å². The Labute approximate surface area is 167 Å². The largest absolute Gasteiger partial charge is 0.478 e. The summed E-state index contributed by atoms with van der Waals surface area (Å²) in [5.41, 5.74) is 1.88. The van der Waals surface area contributed by atoms with Crippen molar-refractivity contribution >= 4 is 5.97 Å². The number of benzene rings is 1. The van der Waals surface area contributed by atoms with Gasteiger partial charge in [0.1, 0.15) is 18.0 Å². The molecule has 29 heavy (non-hydrogen) atoms. The molecule has 5 atom stereocenters. The minimum absolute atomic E-state index is 0.0451. The monoisotopic (exact) mass is 407 g/mol. The van der Waals surface area contributed by atoms with Gasteiger partial charge < -0.3 is 35.4 Å². The fourth-order valence-corrected chi connectivity index (χ4v) is 2.69. The van der Waals surface area contributed by atoms with Crippen molar-refractivity contribution in [2.24, 2.45) is 5.92 Å². The first-order valence-corrected chi connectivity index (χ1v) is 8.94. The second-order valence-electron chi connectivity index (χ2n) is 6.89. The van der Waals surface area contributed by atoms with Gasteiger partial charge in [-0.3, -0.25) is 4.98 Å². The summed E-state index contributed by atoms with van der Waals surface area (Å²) in [6, 6.07) is 6.32. The summed E-state index contributed by atoms with van der Waals surface area (Å²) in [5.74, 6) is -1.58. The summed E-state index contributed by atoms with van der Waals surface area (Å²) in [4.78, 5) is 15.0. The molecule has 0 aliphatic carbocycles. The number of nitrogens with zero attached hydrogens (tertiary/aromatic N) is 1. The van der Waals surface area contributed by atoms with Crippen molar-refractivity contribution < 1.29 is 40.2 Å². The van der Waals surface area contributed by atoms with Crippen LogP contribution in [0.25, 0.3) is 11.1 Å². The molecule has 158 valence electrons. The van der Waals surface area contributed by atoms with Crippen LogP contribution in [0.15, 0.2) is 36.7 Å². The minimum atomic E-state index is -1.83. The first-order valence-electron chi connectivity index (χ1n) is 8.94. The number of aryl methyl sites for hydroxylation is 1. The molecular formula is C20H25NO8. The number of aliphatic hydroxyl groups is 5. The zero-order chi connectivity index (χ0) is 21.7. The van der Waals surface area contributed by atoms with E-state index in [9.17, 15) is 25.2 Å². The number of hydrogen-bond donors (Lipinski definition) is 6. The molecule has 1 heterocycles. The SMILES string of the molecule is Cc1cc(-c2cncc(C(=O)O)c2)ccc1OC(O)C(O)C(O)C(O)C(C)CO. The van der Waals surface area contributed by atoms with Gasteiger partial charge in [-0.2, -0.15) is 0 Å². The highest BCUT2D eigenvalue weighted by Crippen LogP contribution is 2.27. The van der Waals surface area contributed by atoms with Gasteiger partial charge in [0.2, 0.25) is 6.29 Å². The van der Waals surface area contributed by atoms with E-state index in [2.05, 4.69) is 4.98 Å². The number of carbonyl (C=O) groups is 1. The molecule has 0 saturated heterocycles. The molecule has 0 saturated carbocycles. The van der Waals surface area contributed by atoms with E-state index in [1.54, 1.807) is 19.1 Å². The Balaban J connectivity index is 2.14. The second kappa shape index (κ2) is 9.77. The molecule has 5 unspecified atom stereocenters. The number of carboxylic acid groups (broad SMARTS) is 1. The number of aliphatic hydroxyl groups excluding tert-OH is 5. The fraction of sp³-hybridized carbons (Fsp3) is 0.400. The van der Waals surface area contributed by atoms with Crippen LogP contribution in [0, 0.1) is 12.8 Å². The summed E-state index contributed by atoms with van der Waals surface area (Å²) >= 11 is 0. The van der Waals surface area contributed by atoms with Gasteiger partial charge in [0.05, 0.1) is 11.7 Å². The number of carboxylic acids is 1. The third kappa shape index (κ3) is 5.49. The smallest absolute Gasteiger partial charge is 0.337 e. The zero-order valence-corrected chi connectivity index (χ0v) is 16.0. The van der Waals surface area contributed by atoms with Crippen LogP contribution >= 0.6 is 0 Å². The maximum Gasteiger partial charge on any atom is 0.337 e. The number of pyridine rings is 1. The average Bonchev–Trinajstić information content (AvgIpc) is 2.72. The highest BCUT2D eigenvalue weighted by molar-refractivity contribution is 5.88. The Morgan fingerprint density at radius 3 is 2.31 bits per heavy atom. The molecule has 0 amide bonds. The van der Waals surface area contributed by atoms with Gasteiger partial charge in [-0.25, -0.2) is 4.79 Å². The van der Waals surface area contributed by atoms with Crippen molar-refractivity contribution in [3.05, 3.63) is 47.8 Å². The second-order valence-corrected chi connectivity index (χ2v) is 6.89. The van der Waals surface area contributed by atoms with Gasteiger partial charge in [0.15, 0.2) is 0 Å². The van der Waals surface area contributed by atoms with Gasteiger partial charge in [-0.15, -0.1) is 0 Å². The predicted molar refractivity (Wildman–Crippen MR) is 102 cm³/mol. The summed E-state index contributed by atoms with van der Waals surface area (Å²) in [6.07, 6.45) is -4.06. The highest BCUT2D eigenvalue weighted by atomic mass is 16.6. The molecule has 2 rings (SSSR count). The van der Waals surface area contributed by atoms with Crippen molar-refractivity contribution in [1.82, 2.24) is 4.98 Å². The van der Waals surface area contributed by atoms with E-state index in [4.69, 9.17) is 14.9 Å². The molecule has 9 nitrogen and oxygen atoms in total. The number of rotatable bonds is 9. The maximum atomic E-state index is 11.1. The third-order valence-corrected chi connectivity index (χ3v) is 4.60. The van der Waals surface area contributed by atoms with Crippen molar-refractivity contribution in [3.63, 3.8) is 0 Å². The predicted octanol–water partition coefficient (Wildman–Crippen LogP) is 0.164. The first-order chi connectivity index (χ1) is 13.6. The molecular weight excluding hydrogens is 382 g/mol. The summed E-state index contributed by atoms with van der Waals surface area (Å²) in [7, 11) is 0. The van der Waals surface area contributed by atoms with E-state index < -0.39 is 43.1 Å². The van der Waals surface area contributed by atoms with Crippen LogP contribution in [-0.4, -0.2) is 72.8 Å². The minimum Gasteiger partial charge on any atom is -0.478 e. The quantitative estimate of drug-likeness (QED) is 0.318. The van der Waals surface area contributed by atoms with Crippen LogP contribution in [0.1, 0.15) is 22.8 Å². The van der Waals surface area contributed by atoms with E-state index in [1.165, 1.54) is 31.5 Å². The number of hydrogen-bond acceptors (Lipinski definition) is 8. The number of aromatic carboxylic acids is 1. The lowest BCUT2D eigenvalue weighted by Gasteiger charge is -2.29. The molecule has 1 aromatic carbocycles. The zero-order valence-electron chi connectivity index (χ0n) is 16.0. The molecule has 0 spiro atoms. The van der Waals surface area contributed by atoms with Gasteiger partial charge in [0, 0.05) is 30.5 Å². The Morgan fingerprint density at radius 2 is 1.72 bits per heavy atom. The molecule has 0 aliphatic rings. The topological polar surface area (TPSA) is 161 Å². The lowest BCUT2D eigenvalue weighted by atomic mass is 9.97. The standard InChI is InChI=1S/C20H25NO8/c1-10-5-12(13-6-14(19(26)27)8-21-7-13)3-4-15(10)29-20(28)18(25)17(24)16(23)11(2)9-22/h3-8,11,16-18,20,22-25,28H,9H2,1-2H3,(H,26,27). The number of aromatic nitrogens is 1. The summed E-state index contributed by atoms with van der Waals surface area (Å²) in [5, 5.41) is 58.0. The Hall–Kier alpha value is -2.56. The van der Waals surface area contributed by atoms with Crippen molar-refractivity contribution in [1.29, 1.82) is 0 Å². The lowest BCUT2D eigenvalue weighted by Crippen LogP contribution is -2.49. The summed E-state index contributed by atoms with van der Waals surface area (Å²) < 4.78 is 5.31. The molecule has 2 aromatic rings. The normalized spacial score (nSPS) is 16.5. The Morgan fingerprint density at radius 1 is 1.03 bits per heavy atom. The highest BCUT2D eigenvalue weighted by Gasteiger charge is 2.34. The van der Waals surface area contributed by atoms with E-state index >= 15 is 0 Å². The van der Waals surface area contributed by atoms with E-state index in [0.717, 1.165) is 0 Å². The van der Waals surface area contributed by atoms with Crippen molar-refractivity contribution in [3.8, 4) is 16.9 Å². The molecule has 0 bridgehead atoms. The van der Waals surface area contributed by atoms with Crippen LogP contribution in [0.2, 0.25) is 0 Å². The van der Waals surface area contributed by atoms with E-state index in [-0.39, 0.29) is 11.3 Å². The van der Waals surface area contributed by atoms with Crippen molar-refractivity contribution in [2.45, 2.75) is 38.4 Å². The molecule has 0 fully saturated rings. The molecule has 6 N–H and O–H groups in total. The van der Waals surface area contributed by atoms with Crippen molar-refractivity contribution in [2.75, 3.05) is 6.61 Å². The third-order valence-electron chi connectivity index (χ3n) is 4.60. The van der Waals surface area contributed by atoms with Gasteiger partial charge in [0.25, 0.3) is 0 Å². The van der Waals surface area contributed by atoms with Crippen LogP contribution in [0.3, 0.4) is 0 Å². The van der Waals surface area contributed by atoms with Crippen LogP contribution in [0.5, 0.6) is 5.75 Å². The van der Waals surface area contributed by atoms with Gasteiger partial charge in [-0.1, -0.05) is 13.0 Å². The molecule has 1 aromatic heterocycles. The first kappa shape index (κ1) is 22.7. The van der Waals surface area contributed by atoms with E-state index in [0.29, 0.717) is 16.7 Å². The molecule has 9 heteroatoms. The van der Waals surface area contributed by atoms with Crippen LogP contribution in [-0.2, 0) is 0 Å². The molecule has 0 radical (unpaired) electrons. The Kier molecular flexibility index (Phi) is 7.66. The van der Waals surface area contributed by atoms with Crippen LogP contribution < -0.4 is 4.74 Å².